The van der Waals surface area contributed by atoms with Gasteiger partial charge >= 0.3 is 0 Å². The first-order valence-electron chi connectivity index (χ1n) is 4.16. The van der Waals surface area contributed by atoms with Crippen molar-refractivity contribution in [3.63, 3.8) is 0 Å². The van der Waals surface area contributed by atoms with Crippen LogP contribution in [0.3, 0.4) is 0 Å². The number of halogens is 1. The summed E-state index contributed by atoms with van der Waals surface area (Å²) in [5.41, 5.74) is 0.896. The van der Waals surface area contributed by atoms with Crippen LogP contribution in [-0.2, 0) is 0 Å². The second-order valence-electron chi connectivity index (χ2n) is 3.11. The molecule has 0 saturated carbocycles. The summed E-state index contributed by atoms with van der Waals surface area (Å²) in [5.74, 6) is 0. The molecule has 70 valence electrons. The normalized spacial score (nSPS) is 10.2. The molecule has 0 spiro atoms. The monoisotopic (exact) mass is 213 g/mol. The summed E-state index contributed by atoms with van der Waals surface area (Å²) < 4.78 is 0. The average Bonchev–Trinajstić information content (AvgIpc) is 2.03. The molecular formula is C10H12ClNS. The van der Waals surface area contributed by atoms with Crippen LogP contribution >= 0.6 is 23.8 Å². The third kappa shape index (κ3) is 2.98. The molecule has 1 rings (SSSR count). The van der Waals surface area contributed by atoms with Crippen LogP contribution in [0.5, 0.6) is 0 Å². The van der Waals surface area contributed by atoms with E-state index in [1.807, 2.05) is 38.1 Å². The van der Waals surface area contributed by atoms with Gasteiger partial charge in [0.2, 0.25) is 0 Å². The molecule has 0 aliphatic carbocycles. The van der Waals surface area contributed by atoms with Crippen molar-refractivity contribution in [1.29, 1.82) is 0 Å². The Bertz CT molecular complexity index is 310. The molecule has 1 N–H and O–H groups in total. The van der Waals surface area contributed by atoms with Crippen molar-refractivity contribution in [3.8, 4) is 0 Å². The van der Waals surface area contributed by atoms with Crippen molar-refractivity contribution < 1.29 is 0 Å². The zero-order chi connectivity index (χ0) is 9.84. The molecule has 0 amide bonds. The molecule has 0 saturated heterocycles. The highest BCUT2D eigenvalue weighted by Gasteiger charge is 2.05. The van der Waals surface area contributed by atoms with E-state index >= 15 is 0 Å². The van der Waals surface area contributed by atoms with E-state index in [1.54, 1.807) is 0 Å². The van der Waals surface area contributed by atoms with Gasteiger partial charge in [-0.2, -0.15) is 0 Å². The van der Waals surface area contributed by atoms with Crippen LogP contribution in [0.2, 0.25) is 5.02 Å². The molecule has 0 aliphatic heterocycles. The summed E-state index contributed by atoms with van der Waals surface area (Å²) in [6, 6.07) is 7.91. The summed E-state index contributed by atoms with van der Waals surface area (Å²) >= 11 is 11.2. The van der Waals surface area contributed by atoms with Gasteiger partial charge in [0, 0.05) is 11.6 Å². The van der Waals surface area contributed by atoms with Crippen LogP contribution in [0.1, 0.15) is 19.4 Å². The minimum atomic E-state index is 0.337. The van der Waals surface area contributed by atoms with Gasteiger partial charge in [-0.3, -0.25) is 0 Å². The zero-order valence-corrected chi connectivity index (χ0v) is 9.25. The second kappa shape index (κ2) is 4.58. The number of benzene rings is 1. The minimum Gasteiger partial charge on any atom is -0.374 e. The lowest BCUT2D eigenvalue weighted by Gasteiger charge is -2.11. The van der Waals surface area contributed by atoms with Gasteiger partial charge in [-0.25, -0.2) is 0 Å². The number of nitrogens with one attached hydrogen (secondary N) is 1. The van der Waals surface area contributed by atoms with Gasteiger partial charge in [-0.15, -0.1) is 0 Å². The zero-order valence-electron chi connectivity index (χ0n) is 7.67. The fraction of sp³-hybridized carbons (Fsp3) is 0.300. The lowest BCUT2D eigenvalue weighted by atomic mass is 10.2. The van der Waals surface area contributed by atoms with E-state index in [2.05, 4.69) is 5.32 Å². The predicted octanol–water partition coefficient (Wildman–Crippen LogP) is 3.01. The molecule has 0 unspecified atom stereocenters. The topological polar surface area (TPSA) is 12.0 Å². The molecule has 0 aliphatic rings. The Morgan fingerprint density at radius 2 is 2.00 bits per heavy atom. The Balaban J connectivity index is 2.83. The first kappa shape index (κ1) is 10.5. The minimum absolute atomic E-state index is 0.337. The van der Waals surface area contributed by atoms with Gasteiger partial charge in [0.1, 0.15) is 4.99 Å². The smallest absolute Gasteiger partial charge is 0.108 e. The van der Waals surface area contributed by atoms with E-state index in [1.165, 1.54) is 0 Å². The maximum Gasteiger partial charge on any atom is 0.108 e. The summed E-state index contributed by atoms with van der Waals surface area (Å²) in [6.07, 6.45) is 0. The van der Waals surface area contributed by atoms with Crippen LogP contribution in [-0.4, -0.2) is 11.0 Å². The molecule has 0 radical (unpaired) electrons. The van der Waals surface area contributed by atoms with Crippen LogP contribution in [0, 0.1) is 0 Å². The molecule has 0 bridgehead atoms. The summed E-state index contributed by atoms with van der Waals surface area (Å²) in [7, 11) is 0. The maximum atomic E-state index is 5.98. The quantitative estimate of drug-likeness (QED) is 0.759. The van der Waals surface area contributed by atoms with Gasteiger partial charge in [-0.1, -0.05) is 42.0 Å². The third-order valence-corrected chi connectivity index (χ3v) is 2.21. The van der Waals surface area contributed by atoms with E-state index in [0.29, 0.717) is 16.1 Å². The number of hydrogen-bond acceptors (Lipinski definition) is 1. The Morgan fingerprint density at radius 1 is 1.38 bits per heavy atom. The highest BCUT2D eigenvalue weighted by Crippen LogP contribution is 2.15. The summed E-state index contributed by atoms with van der Waals surface area (Å²) in [6.45, 7) is 4.09. The number of hydrogen-bond donors (Lipinski definition) is 1. The highest BCUT2D eigenvalue weighted by atomic mass is 35.5. The van der Waals surface area contributed by atoms with Crippen molar-refractivity contribution in [2.45, 2.75) is 19.9 Å². The van der Waals surface area contributed by atoms with E-state index in [-0.39, 0.29) is 0 Å². The molecular weight excluding hydrogens is 202 g/mol. The standard InChI is InChI=1S/C10H12ClNS/c1-7(2)12-10(13)8-5-3-4-6-9(8)11/h3-7H,1-2H3,(H,12,13). The lowest BCUT2D eigenvalue weighted by molar-refractivity contribution is 0.741. The fourth-order valence-electron chi connectivity index (χ4n) is 0.985. The summed E-state index contributed by atoms with van der Waals surface area (Å²) in [4.78, 5) is 0.709. The molecule has 1 aromatic rings. The molecule has 1 aromatic carbocycles. The van der Waals surface area contributed by atoms with E-state index in [0.717, 1.165) is 5.56 Å². The molecule has 1 nitrogen and oxygen atoms in total. The molecule has 0 aromatic heterocycles. The Labute approximate surface area is 89.1 Å². The largest absolute Gasteiger partial charge is 0.374 e. The van der Waals surface area contributed by atoms with Crippen LogP contribution in [0.4, 0.5) is 0 Å². The lowest BCUT2D eigenvalue weighted by Crippen LogP contribution is -2.29. The highest BCUT2D eigenvalue weighted by molar-refractivity contribution is 7.80. The molecule has 13 heavy (non-hydrogen) atoms. The van der Waals surface area contributed by atoms with Crippen molar-refractivity contribution in [2.24, 2.45) is 0 Å². The van der Waals surface area contributed by atoms with Gasteiger partial charge < -0.3 is 5.32 Å². The van der Waals surface area contributed by atoms with Crippen molar-refractivity contribution >= 4 is 28.8 Å². The Morgan fingerprint density at radius 3 is 2.54 bits per heavy atom. The van der Waals surface area contributed by atoms with E-state index in [9.17, 15) is 0 Å². The first-order chi connectivity index (χ1) is 6.11. The van der Waals surface area contributed by atoms with Crippen molar-refractivity contribution in [2.75, 3.05) is 0 Å². The van der Waals surface area contributed by atoms with Gasteiger partial charge in [-0.05, 0) is 19.9 Å². The molecule has 0 atom stereocenters. The average molecular weight is 214 g/mol. The Kier molecular flexibility index (Phi) is 3.70. The third-order valence-electron chi connectivity index (χ3n) is 1.54. The van der Waals surface area contributed by atoms with Crippen LogP contribution in [0.25, 0.3) is 0 Å². The fourth-order valence-corrected chi connectivity index (χ4v) is 1.69. The van der Waals surface area contributed by atoms with Crippen molar-refractivity contribution in [1.82, 2.24) is 5.32 Å². The second-order valence-corrected chi connectivity index (χ2v) is 3.92. The predicted molar refractivity (Wildman–Crippen MR) is 61.4 cm³/mol. The SMILES string of the molecule is CC(C)NC(=S)c1ccccc1Cl. The van der Waals surface area contributed by atoms with Crippen molar-refractivity contribution in [3.05, 3.63) is 34.9 Å². The molecule has 3 heteroatoms. The number of rotatable bonds is 2. The van der Waals surface area contributed by atoms with E-state index < -0.39 is 0 Å². The van der Waals surface area contributed by atoms with Crippen LogP contribution < -0.4 is 5.32 Å². The maximum absolute atomic E-state index is 5.98. The Hall–Kier alpha value is -0.600. The van der Waals surface area contributed by atoms with E-state index in [4.69, 9.17) is 23.8 Å². The number of thiocarbonyl (C=S) groups is 1. The molecule has 0 fully saturated rings. The van der Waals surface area contributed by atoms with Gasteiger partial charge in [0.25, 0.3) is 0 Å². The van der Waals surface area contributed by atoms with Crippen LogP contribution in [0.15, 0.2) is 24.3 Å². The molecule has 0 heterocycles. The first-order valence-corrected chi connectivity index (χ1v) is 4.95. The van der Waals surface area contributed by atoms with Gasteiger partial charge in [0.05, 0.1) is 5.02 Å². The summed E-state index contributed by atoms with van der Waals surface area (Å²) in [5, 5.41) is 3.84. The van der Waals surface area contributed by atoms with Gasteiger partial charge in [0.15, 0.2) is 0 Å².